The number of furan rings is 2. The molecule has 0 unspecified atom stereocenters. The van der Waals surface area contributed by atoms with E-state index in [0.29, 0.717) is 17.5 Å². The molecule has 2 aromatic heterocycles. The maximum atomic E-state index is 12.9. The average molecular weight is 899 g/mol. The first-order valence-electron chi connectivity index (χ1n) is 24.9. The second-order valence-corrected chi connectivity index (χ2v) is 19.6. The number of rotatable bonds is 9. The van der Waals surface area contributed by atoms with E-state index >= 15 is 0 Å². The third kappa shape index (κ3) is 6.89. The van der Waals surface area contributed by atoms with Crippen molar-refractivity contribution in [3.8, 4) is 16.9 Å². The van der Waals surface area contributed by atoms with Crippen LogP contribution in [-0.2, 0) is 0 Å². The lowest BCUT2D eigenvalue weighted by Crippen LogP contribution is -2.15. The third-order valence-corrected chi connectivity index (χ3v) is 15.3. The lowest BCUT2D eigenvalue weighted by atomic mass is 9.93. The maximum Gasteiger partial charge on any atom is 0.162 e. The van der Waals surface area contributed by atoms with Gasteiger partial charge in [0.25, 0.3) is 0 Å². The molecule has 2 saturated carbocycles. The van der Waals surface area contributed by atoms with E-state index < -0.39 is 0 Å². The largest absolute Gasteiger partial charge is 0.505 e. The van der Waals surface area contributed by atoms with E-state index in [1.165, 1.54) is 62.5 Å². The number of phenols is 1. The zero-order valence-electron chi connectivity index (χ0n) is 39.2. The predicted molar refractivity (Wildman–Crippen MR) is 287 cm³/mol. The topological polar surface area (TPSA) is 53.0 Å². The number of nitrogens with zero attached hydrogens (tertiary/aromatic N) is 2. The molecule has 13 rings (SSSR count). The van der Waals surface area contributed by atoms with Crippen LogP contribution in [0.3, 0.4) is 0 Å². The summed E-state index contributed by atoms with van der Waals surface area (Å²) < 4.78 is 14.6. The third-order valence-electron chi connectivity index (χ3n) is 15.3. The van der Waals surface area contributed by atoms with Gasteiger partial charge in [-0.05, 0) is 122 Å². The number of aromatic hydroxyl groups is 1. The molecule has 2 fully saturated rings. The van der Waals surface area contributed by atoms with Gasteiger partial charge in [-0.25, -0.2) is 0 Å². The number of anilines is 6. The molecule has 0 saturated heterocycles. The van der Waals surface area contributed by atoms with E-state index in [1.54, 1.807) is 0 Å². The first-order valence-corrected chi connectivity index (χ1v) is 24.9. The Balaban J connectivity index is 1.12. The summed E-state index contributed by atoms with van der Waals surface area (Å²) in [5.74, 6) is 1.27. The maximum absolute atomic E-state index is 12.9. The lowest BCUT2D eigenvalue weighted by molar-refractivity contribution is 0.478. The second-order valence-electron chi connectivity index (χ2n) is 19.6. The fourth-order valence-electron chi connectivity index (χ4n) is 12.1. The molecule has 2 aliphatic rings. The normalized spacial score (nSPS) is 14.6. The first-order chi connectivity index (χ1) is 34.0. The van der Waals surface area contributed by atoms with E-state index in [9.17, 15) is 5.11 Å². The average Bonchev–Trinajstić information content (AvgIpc) is 4.23. The highest BCUT2D eigenvalue weighted by Gasteiger charge is 2.32. The van der Waals surface area contributed by atoms with Gasteiger partial charge in [-0.3, -0.25) is 0 Å². The van der Waals surface area contributed by atoms with Gasteiger partial charge in [0.1, 0.15) is 16.9 Å². The highest BCUT2D eigenvalue weighted by molar-refractivity contribution is 6.29. The van der Waals surface area contributed by atoms with Gasteiger partial charge in [0, 0.05) is 43.9 Å². The Morgan fingerprint density at radius 3 is 1.74 bits per heavy atom. The fraction of sp³-hybridized carbons (Fsp3) is 0.188. The van der Waals surface area contributed by atoms with Crippen LogP contribution in [0.25, 0.3) is 65.8 Å². The van der Waals surface area contributed by atoms with Crippen LogP contribution in [0.4, 0.5) is 34.1 Å². The van der Waals surface area contributed by atoms with Crippen LogP contribution >= 0.6 is 0 Å². The summed E-state index contributed by atoms with van der Waals surface area (Å²) in [6.45, 7) is 4.28. The zero-order valence-corrected chi connectivity index (χ0v) is 39.2. The quantitative estimate of drug-likeness (QED) is 0.146. The van der Waals surface area contributed by atoms with E-state index in [0.717, 1.165) is 105 Å². The molecular formula is C64H54N2O3. The van der Waals surface area contributed by atoms with Crippen LogP contribution in [0.5, 0.6) is 5.75 Å². The standard InChI is InChI=1S/C64H54N2O3/c1-40-17-11-25-46(37-40)65(55-34-15-30-48(61(55)67)45-24-13-23-44(39-45)42-19-3-4-20-42)60-51-28-8-7-27-50(51)59(58-54-29-9-10-36-57(54)68-64(58)60)66(47-26-12-18-41(2)38-47)56-35-16-33-53-52-32-14-31-49(43-21-5-6-22-43)62(52)69-63(53)56/h7-18,23-39,42-43,67H,3-6,19-22H2,1-2H3. The SMILES string of the molecule is Cc1cccc(N(c2cccc(-c3cccc(C4CCCC4)c3)c2O)c2c3ccccc3c(N(c3cccc(C)c3)c3cccc4c3oc3c(C5CCCC5)cccc34)c3c2oc2ccccc23)c1. The molecule has 2 aliphatic carbocycles. The van der Waals surface area contributed by atoms with Crippen molar-refractivity contribution in [3.05, 3.63) is 198 Å². The predicted octanol–water partition coefficient (Wildman–Crippen LogP) is 18.9. The van der Waals surface area contributed by atoms with Gasteiger partial charge in [-0.1, -0.05) is 159 Å². The molecule has 2 heterocycles. The summed E-state index contributed by atoms with van der Waals surface area (Å²) in [4.78, 5) is 4.64. The van der Waals surface area contributed by atoms with E-state index in [-0.39, 0.29) is 5.75 Å². The molecule has 0 bridgehead atoms. The number of hydrogen-bond donors (Lipinski definition) is 1. The van der Waals surface area contributed by atoms with Crippen molar-refractivity contribution in [2.24, 2.45) is 0 Å². The van der Waals surface area contributed by atoms with Crippen LogP contribution < -0.4 is 9.80 Å². The second kappa shape index (κ2) is 16.8. The van der Waals surface area contributed by atoms with Gasteiger partial charge in [-0.2, -0.15) is 0 Å². The van der Waals surface area contributed by atoms with Crippen molar-refractivity contribution in [1.29, 1.82) is 0 Å². The number of phenolic OH excluding ortho intramolecular Hbond substituents is 1. The first kappa shape index (κ1) is 41.4. The number of fused-ring (bicyclic) bond motifs is 7. The number of hydrogen-bond acceptors (Lipinski definition) is 5. The zero-order chi connectivity index (χ0) is 46.2. The summed E-state index contributed by atoms with van der Waals surface area (Å²) in [5.41, 5.74) is 15.5. The van der Waals surface area contributed by atoms with Crippen molar-refractivity contribution in [3.63, 3.8) is 0 Å². The minimum Gasteiger partial charge on any atom is -0.505 e. The molecule has 0 aliphatic heterocycles. The summed E-state index contributed by atoms with van der Waals surface area (Å²) in [7, 11) is 0. The van der Waals surface area contributed by atoms with Crippen molar-refractivity contribution in [2.75, 3.05) is 9.80 Å². The molecular weight excluding hydrogens is 845 g/mol. The Kier molecular flexibility index (Phi) is 10.1. The minimum atomic E-state index is 0.218. The molecule has 0 radical (unpaired) electrons. The van der Waals surface area contributed by atoms with Gasteiger partial charge < -0.3 is 23.7 Å². The number of aryl methyl sites for hydroxylation is 2. The van der Waals surface area contributed by atoms with Crippen LogP contribution in [0.15, 0.2) is 185 Å². The van der Waals surface area contributed by atoms with Gasteiger partial charge >= 0.3 is 0 Å². The minimum absolute atomic E-state index is 0.218. The molecule has 0 spiro atoms. The fourth-order valence-corrected chi connectivity index (χ4v) is 12.1. The highest BCUT2D eigenvalue weighted by atomic mass is 16.3. The molecule has 5 heteroatoms. The van der Waals surface area contributed by atoms with Crippen LogP contribution in [-0.4, -0.2) is 5.11 Å². The Morgan fingerprint density at radius 1 is 0.449 bits per heavy atom. The Morgan fingerprint density at radius 2 is 1.01 bits per heavy atom. The Bertz CT molecular complexity index is 3770. The summed E-state index contributed by atoms with van der Waals surface area (Å²) in [5, 5.41) is 19.1. The van der Waals surface area contributed by atoms with Crippen molar-refractivity contribution < 1.29 is 13.9 Å². The summed E-state index contributed by atoms with van der Waals surface area (Å²) >= 11 is 0. The van der Waals surface area contributed by atoms with Gasteiger partial charge in [0.15, 0.2) is 11.2 Å². The Labute approximate surface area is 402 Å². The van der Waals surface area contributed by atoms with Crippen molar-refractivity contribution in [2.45, 2.75) is 77.0 Å². The van der Waals surface area contributed by atoms with Crippen LogP contribution in [0, 0.1) is 13.8 Å². The van der Waals surface area contributed by atoms with Crippen LogP contribution in [0.1, 0.15) is 85.5 Å². The molecule has 0 amide bonds. The van der Waals surface area contributed by atoms with E-state index in [2.05, 4.69) is 181 Å². The summed E-state index contributed by atoms with van der Waals surface area (Å²) in [6.07, 6.45) is 9.85. The van der Waals surface area contributed by atoms with Gasteiger partial charge in [-0.15, -0.1) is 0 Å². The molecule has 338 valence electrons. The molecule has 69 heavy (non-hydrogen) atoms. The number of para-hydroxylation sites is 4. The molecule has 5 nitrogen and oxygen atoms in total. The van der Waals surface area contributed by atoms with Crippen molar-refractivity contribution in [1.82, 2.24) is 0 Å². The molecule has 1 N–H and O–H groups in total. The van der Waals surface area contributed by atoms with E-state index in [1.807, 2.05) is 18.2 Å². The monoisotopic (exact) mass is 898 g/mol. The molecule has 11 aromatic rings. The smallest absolute Gasteiger partial charge is 0.162 e. The Hall–Kier alpha value is -7.76. The van der Waals surface area contributed by atoms with Crippen LogP contribution in [0.2, 0.25) is 0 Å². The van der Waals surface area contributed by atoms with Crippen molar-refractivity contribution >= 4 is 88.8 Å². The van der Waals surface area contributed by atoms with Gasteiger partial charge in [0.2, 0.25) is 0 Å². The number of benzene rings is 9. The highest BCUT2D eigenvalue weighted by Crippen LogP contribution is 2.56. The summed E-state index contributed by atoms with van der Waals surface area (Å²) in [6, 6.07) is 62.8. The molecule has 0 atom stereocenters. The lowest BCUT2D eigenvalue weighted by Gasteiger charge is -2.32. The van der Waals surface area contributed by atoms with Gasteiger partial charge in [0.05, 0.1) is 28.1 Å². The molecule has 9 aromatic carbocycles. The van der Waals surface area contributed by atoms with E-state index in [4.69, 9.17) is 8.83 Å².